The van der Waals surface area contributed by atoms with Crippen LogP contribution in [0, 0.1) is 0 Å². The highest BCUT2D eigenvalue weighted by Crippen LogP contribution is 2.52. The third-order valence-corrected chi connectivity index (χ3v) is 6.98. The number of ether oxygens (including phenoxy) is 2. The van der Waals surface area contributed by atoms with Crippen molar-refractivity contribution < 1.29 is 36.1 Å². The minimum atomic E-state index is -3.72. The van der Waals surface area contributed by atoms with Gasteiger partial charge in [0.15, 0.2) is 11.5 Å². The first-order valence-electron chi connectivity index (χ1n) is 11.8. The van der Waals surface area contributed by atoms with E-state index in [0.717, 1.165) is 22.2 Å². The Balaban J connectivity index is 0.00000176. The lowest BCUT2D eigenvalue weighted by molar-refractivity contribution is -0.286. The van der Waals surface area contributed by atoms with Crippen molar-refractivity contribution >= 4 is 22.5 Å². The summed E-state index contributed by atoms with van der Waals surface area (Å²) in [7, 11) is 0. The van der Waals surface area contributed by atoms with Crippen molar-refractivity contribution in [2.45, 2.75) is 30.6 Å². The maximum Gasteiger partial charge on any atom is 0.586 e. The van der Waals surface area contributed by atoms with Crippen LogP contribution in [0.25, 0.3) is 22.2 Å². The van der Waals surface area contributed by atoms with Gasteiger partial charge in [-0.3, -0.25) is 9.78 Å². The van der Waals surface area contributed by atoms with Gasteiger partial charge in [-0.15, -0.1) is 8.78 Å². The molecule has 2 aromatic carbocycles. The van der Waals surface area contributed by atoms with E-state index in [0.29, 0.717) is 24.1 Å². The van der Waals surface area contributed by atoms with Crippen LogP contribution in [-0.2, 0) is 10.2 Å². The number of alkyl halides is 2. The molecule has 0 bridgehead atoms. The standard InChI is InChI=1S/C27H23F2N3O5.2H2/c28-27(29)36-23-6-3-18(12-24(23)37-27)26(7-8-26)25(35)31-19-4-5-21-17(10-19)11-22(16-2-1-9-30-13-16)32(21)20(14-33)15-34;;/h1-6,9-13,20,33-34H,7-8,14-15H2,(H,31,35);2*1H. The summed E-state index contributed by atoms with van der Waals surface area (Å²) in [5, 5.41) is 23.5. The lowest BCUT2D eigenvalue weighted by atomic mass is 9.94. The van der Waals surface area contributed by atoms with E-state index in [1.54, 1.807) is 24.5 Å². The van der Waals surface area contributed by atoms with Crippen molar-refractivity contribution in [1.82, 2.24) is 9.55 Å². The van der Waals surface area contributed by atoms with E-state index in [-0.39, 0.29) is 33.5 Å². The predicted molar refractivity (Wildman–Crippen MR) is 135 cm³/mol. The van der Waals surface area contributed by atoms with Crippen LogP contribution in [0.1, 0.15) is 27.3 Å². The van der Waals surface area contributed by atoms with Gasteiger partial charge in [-0.25, -0.2) is 0 Å². The van der Waals surface area contributed by atoms with Crippen LogP contribution < -0.4 is 14.8 Å². The van der Waals surface area contributed by atoms with Gasteiger partial charge in [0, 0.05) is 37.4 Å². The number of amides is 1. The Kier molecular flexibility index (Phi) is 5.39. The second-order valence-corrected chi connectivity index (χ2v) is 9.30. The summed E-state index contributed by atoms with van der Waals surface area (Å²) in [5.74, 6) is -0.393. The van der Waals surface area contributed by atoms with Gasteiger partial charge in [0.1, 0.15) is 0 Å². The molecule has 1 fully saturated rings. The van der Waals surface area contributed by atoms with Gasteiger partial charge in [-0.2, -0.15) is 0 Å². The van der Waals surface area contributed by atoms with Gasteiger partial charge in [0.05, 0.1) is 30.4 Å². The van der Waals surface area contributed by atoms with Crippen LogP contribution in [0.4, 0.5) is 14.5 Å². The molecule has 1 amide bonds. The number of aliphatic hydroxyl groups excluding tert-OH is 2. The molecule has 6 rings (SSSR count). The normalized spacial score (nSPS) is 16.8. The minimum Gasteiger partial charge on any atom is -0.395 e. The minimum absolute atomic E-state index is 0. The second-order valence-electron chi connectivity index (χ2n) is 9.30. The smallest absolute Gasteiger partial charge is 0.395 e. The zero-order valence-corrected chi connectivity index (χ0v) is 19.5. The number of nitrogens with zero attached hydrogens (tertiary/aromatic N) is 2. The summed E-state index contributed by atoms with van der Waals surface area (Å²) >= 11 is 0. The molecule has 1 aliphatic carbocycles. The number of aromatic nitrogens is 2. The molecule has 0 atom stereocenters. The van der Waals surface area contributed by atoms with Crippen LogP contribution in [0.3, 0.4) is 0 Å². The molecular formula is C27H27F2N3O5. The number of carbonyl (C=O) groups is 1. The molecule has 194 valence electrons. The van der Waals surface area contributed by atoms with E-state index in [1.165, 1.54) is 12.1 Å². The third kappa shape index (κ3) is 3.98. The number of nitrogens with one attached hydrogen (secondary N) is 1. The fraction of sp³-hybridized carbons (Fsp3) is 0.259. The summed E-state index contributed by atoms with van der Waals surface area (Å²) in [6.45, 7) is -0.508. The number of pyridine rings is 1. The van der Waals surface area contributed by atoms with Gasteiger partial charge in [-0.05, 0) is 66.9 Å². The molecule has 4 aromatic rings. The average molecular weight is 512 g/mol. The van der Waals surface area contributed by atoms with Gasteiger partial charge >= 0.3 is 6.29 Å². The molecule has 0 radical (unpaired) electrons. The summed E-state index contributed by atoms with van der Waals surface area (Å²) in [4.78, 5) is 17.5. The van der Waals surface area contributed by atoms with Crippen LogP contribution in [0.5, 0.6) is 11.5 Å². The molecule has 1 saturated carbocycles. The molecule has 0 saturated heterocycles. The summed E-state index contributed by atoms with van der Waals surface area (Å²) in [6.07, 6.45) is 0.808. The Bertz CT molecular complexity index is 1510. The van der Waals surface area contributed by atoms with Crippen molar-refractivity contribution in [2.24, 2.45) is 0 Å². The fourth-order valence-corrected chi connectivity index (χ4v) is 4.93. The number of rotatable bonds is 7. The van der Waals surface area contributed by atoms with Crippen LogP contribution in [-0.4, -0.2) is 45.2 Å². The zero-order valence-electron chi connectivity index (χ0n) is 19.5. The maximum atomic E-state index is 13.4. The lowest BCUT2D eigenvalue weighted by Gasteiger charge is -2.19. The highest BCUT2D eigenvalue weighted by molar-refractivity contribution is 6.03. The number of halogens is 2. The lowest BCUT2D eigenvalue weighted by Crippen LogP contribution is -2.28. The van der Waals surface area contributed by atoms with E-state index < -0.39 is 17.8 Å². The first-order chi connectivity index (χ1) is 17.8. The summed E-state index contributed by atoms with van der Waals surface area (Å²) < 4.78 is 37.8. The first-order valence-corrected chi connectivity index (χ1v) is 11.8. The molecule has 2 aromatic heterocycles. The Labute approximate surface area is 213 Å². The quantitative estimate of drug-likeness (QED) is 0.332. The monoisotopic (exact) mass is 511 g/mol. The SMILES string of the molecule is O=C(Nc1ccc2c(c1)cc(-c1cccnc1)n2C(CO)CO)C1(c2ccc3c(c2)OC(F)(F)O3)CC1.[HH].[HH]. The maximum absolute atomic E-state index is 13.4. The van der Waals surface area contributed by atoms with Gasteiger partial charge in [0.25, 0.3) is 0 Å². The predicted octanol–water partition coefficient (Wildman–Crippen LogP) is 4.71. The number of benzene rings is 2. The number of aliphatic hydroxyl groups is 2. The molecule has 2 aliphatic rings. The van der Waals surface area contributed by atoms with Crippen molar-refractivity contribution in [1.29, 1.82) is 0 Å². The molecule has 8 nitrogen and oxygen atoms in total. The van der Waals surface area contributed by atoms with Gasteiger partial charge in [0.2, 0.25) is 5.91 Å². The number of anilines is 1. The molecule has 0 unspecified atom stereocenters. The molecule has 3 heterocycles. The van der Waals surface area contributed by atoms with Crippen LogP contribution in [0.15, 0.2) is 67.0 Å². The Morgan fingerprint density at radius 1 is 1.08 bits per heavy atom. The van der Waals surface area contributed by atoms with E-state index in [9.17, 15) is 23.8 Å². The van der Waals surface area contributed by atoms with E-state index in [1.807, 2.05) is 34.9 Å². The molecule has 10 heteroatoms. The van der Waals surface area contributed by atoms with E-state index >= 15 is 0 Å². The van der Waals surface area contributed by atoms with Crippen molar-refractivity contribution in [3.8, 4) is 22.8 Å². The topological polar surface area (TPSA) is 106 Å². The third-order valence-electron chi connectivity index (χ3n) is 6.98. The molecular weight excluding hydrogens is 484 g/mol. The Hall–Kier alpha value is -4.02. The Morgan fingerprint density at radius 3 is 2.57 bits per heavy atom. The molecule has 37 heavy (non-hydrogen) atoms. The van der Waals surface area contributed by atoms with Gasteiger partial charge < -0.3 is 29.6 Å². The van der Waals surface area contributed by atoms with Crippen molar-refractivity contribution in [3.05, 3.63) is 72.6 Å². The van der Waals surface area contributed by atoms with Crippen LogP contribution in [0.2, 0.25) is 0 Å². The first kappa shape index (κ1) is 23.4. The average Bonchev–Trinajstić information content (AvgIpc) is 3.53. The van der Waals surface area contributed by atoms with E-state index in [4.69, 9.17) is 0 Å². The van der Waals surface area contributed by atoms with Crippen LogP contribution >= 0.6 is 0 Å². The zero-order chi connectivity index (χ0) is 25.8. The Morgan fingerprint density at radius 2 is 1.86 bits per heavy atom. The number of hydrogen-bond acceptors (Lipinski definition) is 6. The highest BCUT2D eigenvalue weighted by atomic mass is 19.3. The van der Waals surface area contributed by atoms with E-state index in [2.05, 4.69) is 19.8 Å². The molecule has 0 spiro atoms. The molecule has 1 aliphatic heterocycles. The van der Waals surface area contributed by atoms with Crippen molar-refractivity contribution in [3.63, 3.8) is 0 Å². The fourth-order valence-electron chi connectivity index (χ4n) is 4.93. The van der Waals surface area contributed by atoms with Crippen molar-refractivity contribution in [2.75, 3.05) is 18.5 Å². The summed E-state index contributed by atoms with van der Waals surface area (Å²) in [6, 6.07) is 14.9. The molecule has 3 N–H and O–H groups in total. The second kappa shape index (κ2) is 8.53. The number of hydrogen-bond donors (Lipinski definition) is 3. The van der Waals surface area contributed by atoms with Gasteiger partial charge in [-0.1, -0.05) is 6.07 Å². The number of fused-ring (bicyclic) bond motifs is 2. The highest BCUT2D eigenvalue weighted by Gasteiger charge is 2.52. The summed E-state index contributed by atoms with van der Waals surface area (Å²) in [5.41, 5.74) is 2.69. The number of carbonyl (C=O) groups excluding carboxylic acids is 1. The largest absolute Gasteiger partial charge is 0.586 e.